The van der Waals surface area contributed by atoms with Crippen molar-refractivity contribution < 1.29 is 16.8 Å². The van der Waals surface area contributed by atoms with Crippen molar-refractivity contribution in [2.24, 2.45) is 0 Å². The largest absolute Gasteiger partial charge is 3.00 e. The molecule has 0 heterocycles. The van der Waals surface area contributed by atoms with Crippen LogP contribution in [0.2, 0.25) is 37.8 Å². The first kappa shape index (κ1) is 30.5. The fourth-order valence-electron chi connectivity index (χ4n) is 2.74. The second-order valence-corrected chi connectivity index (χ2v) is 20.8. The molecular formula is C19H47CoN3Si2+. The summed E-state index contributed by atoms with van der Waals surface area (Å²) < 4.78 is 0. The molecule has 0 aliphatic heterocycles. The van der Waals surface area contributed by atoms with Crippen LogP contribution >= 0.6 is 0 Å². The number of nitrogens with zero attached hydrogens (tertiary/aromatic N) is 3. The molecule has 0 rings (SSSR count). The minimum atomic E-state index is -1.51. The minimum Gasteiger partial charge on any atom is -0.660 e. The van der Waals surface area contributed by atoms with Crippen LogP contribution in [0.15, 0.2) is 0 Å². The maximum absolute atomic E-state index is 5.15. The second-order valence-electron chi connectivity index (χ2n) is 11.4. The molecule has 154 valence electrons. The fourth-order valence-corrected chi connectivity index (χ4v) is 6.67. The Hall–Kier alpha value is 0.820. The molecule has 6 heteroatoms. The van der Waals surface area contributed by atoms with E-state index in [1.807, 2.05) is 0 Å². The van der Waals surface area contributed by atoms with E-state index >= 15 is 0 Å². The van der Waals surface area contributed by atoms with Crippen molar-refractivity contribution in [2.75, 3.05) is 20.6 Å². The van der Waals surface area contributed by atoms with Crippen LogP contribution in [-0.4, -0.2) is 53.1 Å². The summed E-state index contributed by atoms with van der Waals surface area (Å²) in [5.41, 5.74) is 0.247. The zero-order chi connectivity index (χ0) is 20.2. The van der Waals surface area contributed by atoms with E-state index in [1.165, 1.54) is 0 Å². The van der Waals surface area contributed by atoms with Crippen molar-refractivity contribution >= 4 is 16.5 Å². The van der Waals surface area contributed by atoms with E-state index < -0.39 is 16.5 Å². The first-order valence-corrected chi connectivity index (χ1v) is 15.6. The van der Waals surface area contributed by atoms with Gasteiger partial charge < -0.3 is 14.9 Å². The van der Waals surface area contributed by atoms with Gasteiger partial charge in [0, 0.05) is 0 Å². The number of rotatable bonds is 5. The van der Waals surface area contributed by atoms with Crippen molar-refractivity contribution in [1.29, 1.82) is 0 Å². The van der Waals surface area contributed by atoms with Crippen LogP contribution in [0.3, 0.4) is 0 Å². The topological polar surface area (TPSA) is 31.4 Å². The van der Waals surface area contributed by atoms with Crippen molar-refractivity contribution in [3.8, 4) is 0 Å². The van der Waals surface area contributed by atoms with Crippen LogP contribution in [0.1, 0.15) is 55.4 Å². The quantitative estimate of drug-likeness (QED) is 0.445. The Morgan fingerprint density at radius 3 is 1.24 bits per heavy atom. The summed E-state index contributed by atoms with van der Waals surface area (Å²) >= 11 is 0. The van der Waals surface area contributed by atoms with Crippen molar-refractivity contribution in [2.45, 2.75) is 104 Å². The molecule has 0 aromatic rings. The molecule has 0 saturated heterocycles. The van der Waals surface area contributed by atoms with Crippen LogP contribution in [0.5, 0.6) is 0 Å². The van der Waals surface area contributed by atoms with Gasteiger partial charge in [-0.15, -0.1) is 11.1 Å². The first-order chi connectivity index (χ1) is 10.1. The summed E-state index contributed by atoms with van der Waals surface area (Å²) in [5, 5.41) is 0.344. The molecule has 0 aromatic carbocycles. The summed E-state index contributed by atoms with van der Waals surface area (Å²) in [5.74, 6) is 0. The zero-order valence-electron chi connectivity index (χ0n) is 19.9. The Kier molecular flexibility index (Phi) is 12.7. The Bertz CT molecular complexity index is 350. The van der Waals surface area contributed by atoms with Gasteiger partial charge in [-0.2, -0.15) is 0 Å². The SMILES string of the molecule is CC(C)(C)[N-][Si](C)(C)C.CN(C)CC(C)(C)[N-][Si](C)(C)C(C)(C)C.[Co+3]. The van der Waals surface area contributed by atoms with Gasteiger partial charge in [-0.3, -0.25) is 0 Å². The average molecular weight is 433 g/mol. The average Bonchev–Trinajstić information content (AvgIpc) is 2.03. The van der Waals surface area contributed by atoms with E-state index in [2.05, 4.69) is 112 Å². The standard InChI is InChI=1S/C12H29N2Si.C7H18NSi.Co/c1-11(2,3)15(8,9)13-12(4,5)10-14(6)7;1-7(2,3)8-9(4,5)6;/h10H2,1-9H3;1-6H3;/q2*-1;+3. The molecule has 0 radical (unpaired) electrons. The Morgan fingerprint density at radius 1 is 0.720 bits per heavy atom. The predicted molar refractivity (Wildman–Crippen MR) is 120 cm³/mol. The normalized spacial score (nSPS) is 13.9. The van der Waals surface area contributed by atoms with E-state index in [-0.39, 0.29) is 27.9 Å². The third-order valence-electron chi connectivity index (χ3n) is 3.79. The van der Waals surface area contributed by atoms with Gasteiger partial charge in [0.25, 0.3) is 0 Å². The summed E-state index contributed by atoms with van der Waals surface area (Å²) in [6.45, 7) is 30.4. The summed E-state index contributed by atoms with van der Waals surface area (Å²) in [4.78, 5) is 12.0. The molecule has 0 atom stereocenters. The molecule has 25 heavy (non-hydrogen) atoms. The van der Waals surface area contributed by atoms with Crippen molar-refractivity contribution in [3.05, 3.63) is 9.96 Å². The van der Waals surface area contributed by atoms with Gasteiger partial charge >= 0.3 is 16.8 Å². The molecule has 0 aliphatic rings. The number of hydrogen-bond acceptors (Lipinski definition) is 1. The molecule has 0 amide bonds. The predicted octanol–water partition coefficient (Wildman–Crippen LogP) is 6.70. The molecule has 0 unspecified atom stereocenters. The Balaban J connectivity index is -0.000000418. The Labute approximate surface area is 172 Å². The summed E-state index contributed by atoms with van der Waals surface area (Å²) in [6, 6.07) is 0. The van der Waals surface area contributed by atoms with E-state index in [0.29, 0.717) is 5.04 Å². The van der Waals surface area contributed by atoms with Crippen LogP contribution in [0.25, 0.3) is 9.96 Å². The van der Waals surface area contributed by atoms with Crippen LogP contribution in [0, 0.1) is 0 Å². The maximum Gasteiger partial charge on any atom is 3.00 e. The zero-order valence-corrected chi connectivity index (χ0v) is 22.9. The van der Waals surface area contributed by atoms with Crippen molar-refractivity contribution in [3.63, 3.8) is 0 Å². The molecule has 0 spiro atoms. The minimum absolute atomic E-state index is 0. The van der Waals surface area contributed by atoms with Crippen LogP contribution in [0.4, 0.5) is 0 Å². The van der Waals surface area contributed by atoms with E-state index in [1.54, 1.807) is 0 Å². The summed E-state index contributed by atoms with van der Waals surface area (Å²) in [6.07, 6.45) is 0. The van der Waals surface area contributed by atoms with E-state index in [0.717, 1.165) is 6.54 Å². The van der Waals surface area contributed by atoms with Gasteiger partial charge in [0.2, 0.25) is 0 Å². The molecule has 0 fully saturated rings. The van der Waals surface area contributed by atoms with Gasteiger partial charge in [-0.05, 0) is 20.6 Å². The first-order valence-electron chi connectivity index (χ1n) is 9.21. The molecule has 3 nitrogen and oxygen atoms in total. The van der Waals surface area contributed by atoms with Crippen LogP contribution < -0.4 is 0 Å². The third kappa shape index (κ3) is 18.0. The van der Waals surface area contributed by atoms with Crippen LogP contribution in [-0.2, 0) is 16.8 Å². The van der Waals surface area contributed by atoms with Gasteiger partial charge in [-0.25, -0.2) is 0 Å². The van der Waals surface area contributed by atoms with Gasteiger partial charge in [0.1, 0.15) is 0 Å². The van der Waals surface area contributed by atoms with Crippen molar-refractivity contribution in [1.82, 2.24) is 4.90 Å². The van der Waals surface area contributed by atoms with E-state index in [9.17, 15) is 0 Å². The third-order valence-corrected chi connectivity index (χ3v) is 9.97. The summed E-state index contributed by atoms with van der Waals surface area (Å²) in [7, 11) is 1.55. The van der Waals surface area contributed by atoms with Gasteiger partial charge in [0.15, 0.2) is 0 Å². The molecule has 0 bridgehead atoms. The monoisotopic (exact) mass is 432 g/mol. The molecular weight excluding hydrogens is 385 g/mol. The molecule has 0 saturated carbocycles. The second kappa shape index (κ2) is 10.4. The molecule has 0 aliphatic carbocycles. The Morgan fingerprint density at radius 2 is 1.08 bits per heavy atom. The number of hydrogen-bond donors (Lipinski definition) is 0. The molecule has 0 aromatic heterocycles. The molecule has 0 N–H and O–H groups in total. The fraction of sp³-hybridized carbons (Fsp3) is 1.00. The number of likely N-dealkylation sites (N-methyl/N-ethyl adjacent to an activating group) is 1. The maximum atomic E-state index is 5.15. The van der Waals surface area contributed by atoms with E-state index in [4.69, 9.17) is 4.98 Å². The van der Waals surface area contributed by atoms with Gasteiger partial charge in [0.05, 0.1) is 0 Å². The smallest absolute Gasteiger partial charge is 0.660 e. The van der Waals surface area contributed by atoms with Gasteiger partial charge in [-0.1, -0.05) is 110 Å².